The van der Waals surface area contributed by atoms with E-state index >= 15 is 0 Å². The molecule has 0 fully saturated rings. The van der Waals surface area contributed by atoms with Crippen molar-refractivity contribution in [2.24, 2.45) is 0 Å². The Morgan fingerprint density at radius 1 is 0.758 bits per heavy atom. The molecule has 0 heterocycles. The van der Waals surface area contributed by atoms with Crippen LogP contribution in [0.2, 0.25) is 0 Å². The number of rotatable bonds is 8. The first kappa shape index (κ1) is 34.7. The lowest BCUT2D eigenvalue weighted by Crippen LogP contribution is -2.09. The predicted molar refractivity (Wildman–Crippen MR) is 147 cm³/mol. The third kappa shape index (κ3) is 19.6. The van der Waals surface area contributed by atoms with Gasteiger partial charge in [-0.2, -0.15) is 16.8 Å². The van der Waals surface area contributed by atoms with Crippen molar-refractivity contribution >= 4 is 66.0 Å². The second-order valence-electron chi connectivity index (χ2n) is 6.84. The fourth-order valence-electron chi connectivity index (χ4n) is 2.22. The molecule has 0 aromatic heterocycles. The first-order valence-corrected chi connectivity index (χ1v) is 15.2. The molecule has 0 saturated carbocycles. The van der Waals surface area contributed by atoms with Gasteiger partial charge in [-0.1, -0.05) is 63.7 Å². The molecule has 0 spiro atoms. The van der Waals surface area contributed by atoms with Crippen molar-refractivity contribution < 1.29 is 25.2 Å². The van der Waals surface area contributed by atoms with Gasteiger partial charge in [-0.05, 0) is 45.9 Å². The van der Waals surface area contributed by atoms with Crippen molar-refractivity contribution in [2.45, 2.75) is 33.1 Å². The minimum absolute atomic E-state index is 0. The summed E-state index contributed by atoms with van der Waals surface area (Å²) in [7, 11) is -6.66. The van der Waals surface area contributed by atoms with Crippen LogP contribution in [0, 0.1) is 3.57 Å². The summed E-state index contributed by atoms with van der Waals surface area (Å²) in [6, 6.07) is 17.6. The van der Waals surface area contributed by atoms with E-state index in [1.807, 2.05) is 68.4 Å². The SMILES string of the molecule is C.C[C@@H](COS(C)(=O)=O)c1ccc(I)cc1.C[C@@H](COS(C)(=O)=O)c1ccccc1.ClCCl. The molecule has 0 aliphatic heterocycles. The molecule has 0 aliphatic carbocycles. The van der Waals surface area contributed by atoms with Gasteiger partial charge < -0.3 is 0 Å². The average Bonchev–Trinajstić information content (AvgIpc) is 2.71. The highest BCUT2D eigenvalue weighted by atomic mass is 127. The van der Waals surface area contributed by atoms with Crippen molar-refractivity contribution in [1.82, 2.24) is 0 Å². The standard InChI is InChI=1S/C10H13IO3S.C10H14O3S.CH2Cl2.CH4/c1-8(7-14-15(2,12)13)9-3-5-10(11)6-4-9;1-9(8-13-14(2,11)12)10-6-4-3-5-7-10;2-1-3;/h3-6,8H,7H2,1-2H3;3-7,9H,8H2,1-2H3;1H2;1H4/t8-;9-;;/m00../s1. The maximum Gasteiger partial charge on any atom is 0.264 e. The molecule has 0 N–H and O–H groups in total. The molecular weight excluding hydrogens is 622 g/mol. The maximum atomic E-state index is 10.8. The van der Waals surface area contributed by atoms with E-state index in [0.29, 0.717) is 0 Å². The Bertz CT molecular complexity index is 970. The smallest absolute Gasteiger partial charge is 0.264 e. The molecule has 0 aliphatic rings. The molecule has 33 heavy (non-hydrogen) atoms. The van der Waals surface area contributed by atoms with Crippen molar-refractivity contribution in [3.63, 3.8) is 0 Å². The third-order valence-electron chi connectivity index (χ3n) is 3.87. The molecule has 190 valence electrons. The van der Waals surface area contributed by atoms with Gasteiger partial charge in [-0.25, -0.2) is 0 Å². The summed E-state index contributed by atoms with van der Waals surface area (Å²) in [4.78, 5) is 0. The molecule has 2 aromatic rings. The van der Waals surface area contributed by atoms with E-state index in [-0.39, 0.29) is 37.8 Å². The Morgan fingerprint density at radius 2 is 1.09 bits per heavy atom. The zero-order valence-corrected chi connectivity index (χ0v) is 23.7. The van der Waals surface area contributed by atoms with Crippen molar-refractivity contribution in [3.05, 3.63) is 69.3 Å². The second-order valence-corrected chi connectivity index (χ2v) is 12.2. The molecule has 6 nitrogen and oxygen atoms in total. The fraction of sp³-hybridized carbons (Fsp3) is 0.455. The largest absolute Gasteiger partial charge is 0.270 e. The van der Waals surface area contributed by atoms with Crippen LogP contribution in [0.4, 0.5) is 0 Å². The molecule has 0 bridgehead atoms. The van der Waals surface area contributed by atoms with Crippen molar-refractivity contribution in [1.29, 1.82) is 0 Å². The van der Waals surface area contributed by atoms with E-state index in [1.54, 1.807) is 0 Å². The number of benzene rings is 2. The number of halogens is 3. The van der Waals surface area contributed by atoms with Crippen LogP contribution in [-0.4, -0.2) is 47.9 Å². The molecule has 0 amide bonds. The summed E-state index contributed by atoms with van der Waals surface area (Å²) >= 11 is 11.8. The van der Waals surface area contributed by atoms with Gasteiger partial charge >= 0.3 is 0 Å². The van der Waals surface area contributed by atoms with Crippen LogP contribution < -0.4 is 0 Å². The molecule has 2 aromatic carbocycles. The topological polar surface area (TPSA) is 86.7 Å². The van der Waals surface area contributed by atoms with Crippen LogP contribution in [0.25, 0.3) is 0 Å². The third-order valence-corrected chi connectivity index (χ3v) is 5.72. The monoisotopic (exact) mass is 654 g/mol. The molecule has 2 rings (SSSR count). The molecule has 2 atom stereocenters. The number of alkyl halides is 2. The summed E-state index contributed by atoms with van der Waals surface area (Å²) in [6.45, 7) is 4.26. The molecule has 0 saturated heterocycles. The maximum absolute atomic E-state index is 10.8. The van der Waals surface area contributed by atoms with Crippen LogP contribution in [0.3, 0.4) is 0 Å². The quantitative estimate of drug-likeness (QED) is 0.192. The Balaban J connectivity index is 0. The van der Waals surface area contributed by atoms with Crippen LogP contribution in [0.5, 0.6) is 0 Å². The van der Waals surface area contributed by atoms with E-state index in [2.05, 4.69) is 22.6 Å². The lowest BCUT2D eigenvalue weighted by atomic mass is 10.0. The predicted octanol–water partition coefficient (Wildman–Crippen LogP) is 6.19. The zero-order valence-electron chi connectivity index (χ0n) is 18.4. The highest BCUT2D eigenvalue weighted by molar-refractivity contribution is 14.1. The first-order chi connectivity index (χ1) is 14.8. The number of hydrogen-bond acceptors (Lipinski definition) is 6. The lowest BCUT2D eigenvalue weighted by molar-refractivity contribution is 0.301. The van der Waals surface area contributed by atoms with Gasteiger partial charge in [0.15, 0.2) is 0 Å². The van der Waals surface area contributed by atoms with Crippen molar-refractivity contribution in [2.75, 3.05) is 31.1 Å². The molecule has 0 unspecified atom stereocenters. The summed E-state index contributed by atoms with van der Waals surface area (Å²) in [5.74, 6) is 0.169. The van der Waals surface area contributed by atoms with E-state index in [0.717, 1.165) is 27.2 Å². The molecular formula is C22H33Cl2IO6S2. The Morgan fingerprint density at radius 3 is 1.42 bits per heavy atom. The van der Waals surface area contributed by atoms with Gasteiger partial charge in [-0.15, -0.1) is 23.2 Å². The van der Waals surface area contributed by atoms with Gasteiger partial charge in [0.1, 0.15) is 0 Å². The minimum Gasteiger partial charge on any atom is -0.270 e. The van der Waals surface area contributed by atoms with Gasteiger partial charge in [0.2, 0.25) is 0 Å². The Labute approximate surface area is 223 Å². The highest BCUT2D eigenvalue weighted by Gasteiger charge is 2.10. The minimum atomic E-state index is -3.34. The summed E-state index contributed by atoms with van der Waals surface area (Å²) in [5.41, 5.74) is 2.16. The van der Waals surface area contributed by atoms with Crippen LogP contribution in [-0.2, 0) is 28.6 Å². The van der Waals surface area contributed by atoms with E-state index in [9.17, 15) is 16.8 Å². The molecule has 11 heteroatoms. The second kappa shape index (κ2) is 17.9. The summed E-state index contributed by atoms with van der Waals surface area (Å²) in [5, 5.41) is 0.194. The van der Waals surface area contributed by atoms with Gasteiger partial charge in [0.05, 0.1) is 31.1 Å². The summed E-state index contributed by atoms with van der Waals surface area (Å²) in [6.07, 6.45) is 2.12. The first-order valence-electron chi connectivity index (χ1n) is 9.40. The van der Waals surface area contributed by atoms with Crippen LogP contribution >= 0.6 is 45.8 Å². The lowest BCUT2D eigenvalue weighted by Gasteiger charge is -2.11. The fourth-order valence-corrected chi connectivity index (χ4v) is 3.48. The highest BCUT2D eigenvalue weighted by Crippen LogP contribution is 2.17. The van der Waals surface area contributed by atoms with Gasteiger partial charge in [0.25, 0.3) is 20.2 Å². The van der Waals surface area contributed by atoms with Crippen LogP contribution in [0.15, 0.2) is 54.6 Å². The van der Waals surface area contributed by atoms with E-state index in [4.69, 9.17) is 31.6 Å². The number of hydrogen-bond donors (Lipinski definition) is 0. The normalized spacial score (nSPS) is 12.7. The molecule has 0 radical (unpaired) electrons. The van der Waals surface area contributed by atoms with Crippen molar-refractivity contribution in [3.8, 4) is 0 Å². The average molecular weight is 655 g/mol. The Hall–Kier alpha value is -0.430. The van der Waals surface area contributed by atoms with Crippen LogP contribution in [0.1, 0.15) is 44.2 Å². The summed E-state index contributed by atoms with van der Waals surface area (Å²) < 4.78 is 53.7. The Kier molecular flexibility index (Phi) is 18.9. The zero-order chi connectivity index (χ0) is 24.8. The van der Waals surface area contributed by atoms with Gasteiger partial charge in [0, 0.05) is 15.4 Å². The van der Waals surface area contributed by atoms with Gasteiger partial charge in [-0.3, -0.25) is 8.37 Å². The van der Waals surface area contributed by atoms with E-state index in [1.165, 1.54) is 0 Å². The van der Waals surface area contributed by atoms with E-state index < -0.39 is 20.2 Å².